The van der Waals surface area contributed by atoms with Gasteiger partial charge in [-0.05, 0) is 0 Å². The van der Waals surface area contributed by atoms with Gasteiger partial charge in [0, 0.05) is 0 Å². The van der Waals surface area contributed by atoms with Crippen molar-refractivity contribution in [2.75, 3.05) is 13.2 Å². The number of hydrogen-bond acceptors (Lipinski definition) is 4. The van der Waals surface area contributed by atoms with Crippen LogP contribution in [0.15, 0.2) is 0 Å². The molecule has 4 nitrogen and oxygen atoms in total. The fourth-order valence-electron chi connectivity index (χ4n) is 1.06. The minimum absolute atomic E-state index is 0.348. The maximum absolute atomic E-state index is 11.0. The molecule has 0 aromatic heterocycles. The fourth-order valence-corrected chi connectivity index (χ4v) is 1.15. The molecule has 1 aliphatic rings. The molecule has 1 saturated heterocycles. The molecule has 1 rings (SSSR count). The third kappa shape index (κ3) is 3.23. The zero-order valence-electron chi connectivity index (χ0n) is 8.46. The van der Waals surface area contributed by atoms with Crippen molar-refractivity contribution in [3.8, 4) is 0 Å². The van der Waals surface area contributed by atoms with E-state index < -0.39 is 17.4 Å². The van der Waals surface area contributed by atoms with Gasteiger partial charge in [0.25, 0.3) is 0 Å². The topological polar surface area (TPSA) is 44.8 Å². The van der Waals surface area contributed by atoms with Crippen molar-refractivity contribution in [2.24, 2.45) is 0 Å². The summed E-state index contributed by atoms with van der Waals surface area (Å²) >= 11 is 2.38. The second kappa shape index (κ2) is 4.17. The Balaban J connectivity index is 2.53. The Labute approximate surface area is 93.1 Å². The molecule has 14 heavy (non-hydrogen) atoms. The molecular formula is C9H14O4Rh. The predicted molar refractivity (Wildman–Crippen MR) is 46.5 cm³/mol. The molecule has 0 spiro atoms. The molecule has 0 atom stereocenters. The molecule has 0 amide bonds. The molecule has 0 saturated carbocycles. The van der Waals surface area contributed by atoms with E-state index in [1.165, 1.54) is 4.61 Å². The van der Waals surface area contributed by atoms with Gasteiger partial charge in [0.15, 0.2) is 0 Å². The summed E-state index contributed by atoms with van der Waals surface area (Å²) in [6, 6.07) is 0. The van der Waals surface area contributed by atoms with Crippen LogP contribution in [-0.4, -0.2) is 35.2 Å². The first-order valence-electron chi connectivity index (χ1n) is 4.29. The Morgan fingerprint density at radius 2 is 1.86 bits per heavy atom. The van der Waals surface area contributed by atoms with E-state index in [-0.39, 0.29) is 0 Å². The molecule has 5 heteroatoms. The first-order valence-corrected chi connectivity index (χ1v) is 5.23. The van der Waals surface area contributed by atoms with Gasteiger partial charge in [0.1, 0.15) is 0 Å². The summed E-state index contributed by atoms with van der Waals surface area (Å²) in [5, 5.41) is 0. The Bertz CT molecular complexity index is 239. The monoisotopic (exact) mass is 289 g/mol. The van der Waals surface area contributed by atoms with Crippen molar-refractivity contribution in [1.29, 1.82) is 0 Å². The number of hydrogen-bond donors (Lipinski definition) is 0. The van der Waals surface area contributed by atoms with Crippen LogP contribution in [0, 0.1) is 0 Å². The maximum atomic E-state index is 11.0. The standard InChI is InChI=1S/C9H14O4.Rh/c1-7(10)13-9(4)5-11-8(2,3)12-6-9;/h1H,5-6H2,2-4H3;. The van der Waals surface area contributed by atoms with Crippen LogP contribution in [0.25, 0.3) is 0 Å². The van der Waals surface area contributed by atoms with Crippen LogP contribution in [0.3, 0.4) is 0 Å². The van der Waals surface area contributed by atoms with Crippen molar-refractivity contribution in [3.63, 3.8) is 0 Å². The van der Waals surface area contributed by atoms with E-state index in [1.807, 2.05) is 13.8 Å². The molecule has 83 valence electrons. The van der Waals surface area contributed by atoms with E-state index in [0.717, 1.165) is 0 Å². The molecule has 0 N–H and O–H groups in total. The Morgan fingerprint density at radius 3 is 2.29 bits per heavy atom. The Kier molecular flexibility index (Phi) is 3.56. The number of esters is 1. The average Bonchev–Trinajstić information content (AvgIpc) is 2.11. The van der Waals surface area contributed by atoms with Crippen molar-refractivity contribution in [2.45, 2.75) is 32.2 Å². The number of carbonyl (C=O) groups excluding carboxylic acids is 1. The first-order chi connectivity index (χ1) is 6.37. The molecule has 0 aromatic rings. The van der Waals surface area contributed by atoms with Gasteiger partial charge in [-0.1, -0.05) is 0 Å². The SMILES string of the molecule is CC1(OC(=O)[CH]=[Rh])COC(C)(C)OC1. The van der Waals surface area contributed by atoms with E-state index in [9.17, 15) is 4.79 Å². The molecule has 0 bridgehead atoms. The van der Waals surface area contributed by atoms with Gasteiger partial charge in [0.2, 0.25) is 0 Å². The summed E-state index contributed by atoms with van der Waals surface area (Å²) in [5.74, 6) is -0.985. The fraction of sp³-hybridized carbons (Fsp3) is 0.778. The second-order valence-corrected chi connectivity index (χ2v) is 4.42. The van der Waals surface area contributed by atoms with Crippen molar-refractivity contribution >= 4 is 10.6 Å². The molecule has 0 radical (unpaired) electrons. The van der Waals surface area contributed by atoms with Gasteiger partial charge in [-0.25, -0.2) is 0 Å². The molecule has 0 aliphatic carbocycles. The van der Waals surface area contributed by atoms with Gasteiger partial charge < -0.3 is 0 Å². The van der Waals surface area contributed by atoms with Crippen molar-refractivity contribution in [3.05, 3.63) is 0 Å². The zero-order valence-corrected chi connectivity index (χ0v) is 10.1. The van der Waals surface area contributed by atoms with Gasteiger partial charge in [-0.15, -0.1) is 0 Å². The quantitative estimate of drug-likeness (QED) is 0.546. The molecule has 1 aliphatic heterocycles. The third-order valence-electron chi connectivity index (χ3n) is 1.88. The second-order valence-electron chi connectivity index (χ2n) is 3.94. The van der Waals surface area contributed by atoms with Crippen molar-refractivity contribution < 1.29 is 36.9 Å². The molecule has 0 unspecified atom stereocenters. The normalized spacial score (nSPS) is 24.0. The molecule has 1 fully saturated rings. The number of rotatable bonds is 2. The van der Waals surface area contributed by atoms with Crippen LogP contribution in [0.4, 0.5) is 0 Å². The van der Waals surface area contributed by atoms with Crippen LogP contribution >= 0.6 is 0 Å². The van der Waals surface area contributed by atoms with E-state index in [2.05, 4.69) is 17.9 Å². The summed E-state index contributed by atoms with van der Waals surface area (Å²) in [5.41, 5.74) is -0.685. The summed E-state index contributed by atoms with van der Waals surface area (Å²) in [6.07, 6.45) is 0. The Morgan fingerprint density at radius 1 is 1.36 bits per heavy atom. The minimum atomic E-state index is -0.685. The summed E-state index contributed by atoms with van der Waals surface area (Å²) in [4.78, 5) is 11.0. The molecule has 0 aromatic carbocycles. The van der Waals surface area contributed by atoms with Gasteiger partial charge >= 0.3 is 92.8 Å². The van der Waals surface area contributed by atoms with Crippen LogP contribution < -0.4 is 0 Å². The van der Waals surface area contributed by atoms with Gasteiger partial charge in [-0.2, -0.15) is 0 Å². The van der Waals surface area contributed by atoms with E-state index in [0.29, 0.717) is 13.2 Å². The third-order valence-corrected chi connectivity index (χ3v) is 2.26. The predicted octanol–water partition coefficient (Wildman–Crippen LogP) is 0.420. The summed E-state index contributed by atoms with van der Waals surface area (Å²) in [7, 11) is 0. The molecule has 1 heterocycles. The van der Waals surface area contributed by atoms with Crippen LogP contribution in [0.5, 0.6) is 0 Å². The summed E-state index contributed by atoms with van der Waals surface area (Å²) < 4.78 is 17.2. The van der Waals surface area contributed by atoms with E-state index >= 15 is 0 Å². The van der Waals surface area contributed by atoms with Crippen LogP contribution in [0.1, 0.15) is 20.8 Å². The van der Waals surface area contributed by atoms with Crippen molar-refractivity contribution in [1.82, 2.24) is 0 Å². The van der Waals surface area contributed by atoms with Gasteiger partial charge in [0.05, 0.1) is 0 Å². The van der Waals surface area contributed by atoms with Crippen LogP contribution in [0.2, 0.25) is 0 Å². The van der Waals surface area contributed by atoms with Gasteiger partial charge in [-0.3, -0.25) is 0 Å². The summed E-state index contributed by atoms with van der Waals surface area (Å²) in [6.45, 7) is 6.14. The van der Waals surface area contributed by atoms with E-state index in [1.54, 1.807) is 6.92 Å². The number of carbonyl (C=O) groups is 1. The Hall–Kier alpha value is -0.117. The molecular weight excluding hydrogens is 275 g/mol. The number of ether oxygens (including phenoxy) is 3. The zero-order chi connectivity index (χ0) is 10.8. The van der Waals surface area contributed by atoms with E-state index in [4.69, 9.17) is 14.2 Å². The average molecular weight is 289 g/mol. The first kappa shape index (κ1) is 12.0. The van der Waals surface area contributed by atoms with Crippen LogP contribution in [-0.2, 0) is 36.9 Å².